The molecule has 4 heterocycles. The molecule has 0 bridgehead atoms. The number of fused-ring (bicyclic) bond motifs is 1. The van der Waals surface area contributed by atoms with E-state index < -0.39 is 51.7 Å². The van der Waals surface area contributed by atoms with Crippen molar-refractivity contribution in [2.24, 2.45) is 0 Å². The topological polar surface area (TPSA) is 142 Å². The smallest absolute Gasteiger partial charge is 0.443 e. The maximum Gasteiger partial charge on any atom is 0.497 e. The third-order valence-corrected chi connectivity index (χ3v) is 9.08. The molecule has 0 saturated carbocycles. The highest BCUT2D eigenvalue weighted by Crippen LogP contribution is 2.39. The van der Waals surface area contributed by atoms with Crippen LogP contribution < -0.4 is 10.4 Å². The number of carbonyl (C=O) groups is 2. The molecule has 2 saturated heterocycles. The molecule has 0 N–H and O–H groups in total. The fourth-order valence-corrected chi connectivity index (χ4v) is 5.88. The number of imide groups is 1. The summed E-state index contributed by atoms with van der Waals surface area (Å²) in [4.78, 5) is 37.0. The summed E-state index contributed by atoms with van der Waals surface area (Å²) < 4.78 is 51.8. The number of carbonyl (C=O) groups excluding carboxylic acids is 2. The first-order chi connectivity index (χ1) is 19.5. The largest absolute Gasteiger partial charge is 0.497 e. The highest BCUT2D eigenvalue weighted by molar-refractivity contribution is 7.88. The van der Waals surface area contributed by atoms with E-state index in [4.69, 9.17) is 18.8 Å². The Morgan fingerprint density at radius 2 is 1.44 bits per heavy atom. The molecule has 238 valence electrons. The van der Waals surface area contributed by atoms with Crippen molar-refractivity contribution in [2.45, 2.75) is 111 Å². The number of sulfonamides is 1. The quantitative estimate of drug-likeness (QED) is 0.460. The molecular weight excluding hydrogens is 577 g/mol. The SMILES string of the molecule is CC(C)(C)OC(=O)N(C(=O)OC(C)(C)C)c1ncnc2c1c(B1OC(C)(C)C(C)(C)O1)cn2C1CCN(S(C)(=O)=O)CC1. The lowest BCUT2D eigenvalue weighted by atomic mass is 9.79. The van der Waals surface area contributed by atoms with Crippen LogP contribution in [0.15, 0.2) is 12.5 Å². The molecule has 0 radical (unpaired) electrons. The van der Waals surface area contributed by atoms with E-state index in [1.54, 1.807) is 41.5 Å². The number of piperidine rings is 1. The van der Waals surface area contributed by atoms with E-state index in [1.807, 2.05) is 38.5 Å². The Balaban J connectivity index is 1.91. The molecule has 0 aromatic carbocycles. The van der Waals surface area contributed by atoms with E-state index in [0.717, 1.165) is 4.90 Å². The van der Waals surface area contributed by atoms with Crippen molar-refractivity contribution in [3.63, 3.8) is 0 Å². The standard InChI is InChI=1S/C28H44BN5O8S/c1-25(2,3)39-23(35)34(24(36)40-26(4,5)6)22-20-19(29-41-27(7,8)28(9,10)42-29)16-33(21(20)30-17-31-22)18-12-14-32(15-13-18)43(11,37)38/h16-18H,12-15H2,1-11H3. The van der Waals surface area contributed by atoms with Gasteiger partial charge in [-0.15, -0.1) is 0 Å². The van der Waals surface area contributed by atoms with Gasteiger partial charge >= 0.3 is 19.3 Å². The van der Waals surface area contributed by atoms with Crippen molar-refractivity contribution in [2.75, 3.05) is 24.2 Å². The summed E-state index contributed by atoms with van der Waals surface area (Å²) in [6, 6.07) is -0.129. The summed E-state index contributed by atoms with van der Waals surface area (Å²) in [5.41, 5.74) is -2.25. The molecular formula is C28H44BN5O8S. The Kier molecular flexibility index (Phi) is 8.48. The van der Waals surface area contributed by atoms with Gasteiger partial charge in [0.2, 0.25) is 10.0 Å². The number of hydrogen-bond acceptors (Lipinski definition) is 10. The molecule has 2 aliphatic heterocycles. The number of anilines is 1. The first-order valence-corrected chi connectivity index (χ1v) is 16.3. The van der Waals surface area contributed by atoms with Gasteiger partial charge in [-0.3, -0.25) is 0 Å². The number of ether oxygens (including phenoxy) is 2. The van der Waals surface area contributed by atoms with Gasteiger partial charge in [0.25, 0.3) is 0 Å². The number of nitrogens with zero attached hydrogens (tertiary/aromatic N) is 5. The Hall–Kier alpha value is -2.75. The molecule has 15 heteroatoms. The monoisotopic (exact) mass is 621 g/mol. The Bertz CT molecular complexity index is 1460. The van der Waals surface area contributed by atoms with Crippen LogP contribution in [0.5, 0.6) is 0 Å². The van der Waals surface area contributed by atoms with Crippen LogP contribution in [0.2, 0.25) is 0 Å². The summed E-state index contributed by atoms with van der Waals surface area (Å²) in [6.45, 7) is 18.6. The average Bonchev–Trinajstić information content (AvgIpc) is 3.31. The second-order valence-corrected chi connectivity index (χ2v) is 16.1. The number of amides is 2. The zero-order chi connectivity index (χ0) is 32.3. The lowest BCUT2D eigenvalue weighted by Crippen LogP contribution is -2.45. The maximum atomic E-state index is 13.6. The molecule has 0 unspecified atom stereocenters. The molecule has 0 aliphatic carbocycles. The van der Waals surface area contributed by atoms with E-state index >= 15 is 0 Å². The van der Waals surface area contributed by atoms with Gasteiger partial charge in [-0.1, -0.05) is 0 Å². The first kappa shape index (κ1) is 33.2. The highest BCUT2D eigenvalue weighted by atomic mass is 32.2. The molecule has 4 rings (SSSR count). The third-order valence-electron chi connectivity index (χ3n) is 7.78. The molecule has 13 nitrogen and oxygen atoms in total. The molecule has 0 spiro atoms. The van der Waals surface area contributed by atoms with Gasteiger partial charge in [0.1, 0.15) is 23.2 Å². The molecule has 43 heavy (non-hydrogen) atoms. The first-order valence-electron chi connectivity index (χ1n) is 14.4. The Labute approximate surface area is 254 Å². The Morgan fingerprint density at radius 1 is 0.953 bits per heavy atom. The zero-order valence-corrected chi connectivity index (χ0v) is 27.9. The van der Waals surface area contributed by atoms with Crippen LogP contribution in [0.3, 0.4) is 0 Å². The van der Waals surface area contributed by atoms with Crippen molar-refractivity contribution in [3.8, 4) is 0 Å². The number of aromatic nitrogens is 3. The average molecular weight is 622 g/mol. The summed E-state index contributed by atoms with van der Waals surface area (Å²) in [5, 5.41) is 0.364. The van der Waals surface area contributed by atoms with Gasteiger partial charge in [-0.25, -0.2) is 32.3 Å². The summed E-state index contributed by atoms with van der Waals surface area (Å²) in [5.74, 6) is -0.0365. The van der Waals surface area contributed by atoms with E-state index in [9.17, 15) is 18.0 Å². The highest BCUT2D eigenvalue weighted by Gasteiger charge is 2.53. The van der Waals surface area contributed by atoms with E-state index in [2.05, 4.69) is 9.97 Å². The second-order valence-electron chi connectivity index (χ2n) is 14.2. The predicted octanol–water partition coefficient (Wildman–Crippen LogP) is 4.00. The maximum absolute atomic E-state index is 13.6. The third kappa shape index (κ3) is 6.99. The predicted molar refractivity (Wildman–Crippen MR) is 163 cm³/mol. The van der Waals surface area contributed by atoms with Crippen LogP contribution in [0.4, 0.5) is 15.4 Å². The number of hydrogen-bond donors (Lipinski definition) is 0. The molecule has 2 aromatic heterocycles. The Morgan fingerprint density at radius 3 is 1.88 bits per heavy atom. The molecule has 2 aliphatic rings. The molecule has 2 amide bonds. The van der Waals surface area contributed by atoms with Crippen LogP contribution in [0.1, 0.15) is 88.1 Å². The fraction of sp³-hybridized carbons (Fsp3) is 0.714. The summed E-state index contributed by atoms with van der Waals surface area (Å²) in [7, 11) is -4.21. The molecule has 2 aromatic rings. The van der Waals surface area contributed by atoms with Crippen molar-refractivity contribution < 1.29 is 36.8 Å². The van der Waals surface area contributed by atoms with Crippen molar-refractivity contribution in [3.05, 3.63) is 12.5 Å². The van der Waals surface area contributed by atoms with E-state index in [-0.39, 0.29) is 11.9 Å². The second kappa shape index (κ2) is 11.0. The molecule has 0 atom stereocenters. The van der Waals surface area contributed by atoms with E-state index in [0.29, 0.717) is 42.4 Å². The van der Waals surface area contributed by atoms with Gasteiger partial charge in [-0.2, -0.15) is 4.90 Å². The zero-order valence-electron chi connectivity index (χ0n) is 27.0. The van der Waals surface area contributed by atoms with Gasteiger partial charge in [0, 0.05) is 30.8 Å². The van der Waals surface area contributed by atoms with Gasteiger partial charge < -0.3 is 23.3 Å². The minimum Gasteiger partial charge on any atom is -0.443 e. The van der Waals surface area contributed by atoms with Crippen LogP contribution >= 0.6 is 0 Å². The molecule has 2 fully saturated rings. The van der Waals surface area contributed by atoms with E-state index in [1.165, 1.54) is 16.9 Å². The summed E-state index contributed by atoms with van der Waals surface area (Å²) >= 11 is 0. The van der Waals surface area contributed by atoms with Crippen LogP contribution in [0.25, 0.3) is 11.0 Å². The van der Waals surface area contributed by atoms with Crippen molar-refractivity contribution in [1.82, 2.24) is 18.8 Å². The lowest BCUT2D eigenvalue weighted by Gasteiger charge is -2.32. The van der Waals surface area contributed by atoms with Gasteiger partial charge in [-0.05, 0) is 82.1 Å². The normalized spacial score (nSPS) is 19.9. The van der Waals surface area contributed by atoms with Crippen LogP contribution in [0, 0.1) is 0 Å². The fourth-order valence-electron chi connectivity index (χ4n) is 5.01. The minimum absolute atomic E-state index is 0.0365. The number of rotatable bonds is 4. The lowest BCUT2D eigenvalue weighted by molar-refractivity contribution is 0.00578. The van der Waals surface area contributed by atoms with Crippen LogP contribution in [-0.2, 0) is 28.8 Å². The van der Waals surface area contributed by atoms with Gasteiger partial charge in [0.15, 0.2) is 5.82 Å². The van der Waals surface area contributed by atoms with Crippen molar-refractivity contribution >= 4 is 51.6 Å². The summed E-state index contributed by atoms with van der Waals surface area (Å²) in [6.07, 6.45) is 3.45. The van der Waals surface area contributed by atoms with Gasteiger partial charge in [0.05, 0.1) is 22.8 Å². The minimum atomic E-state index is -3.33. The van der Waals surface area contributed by atoms with Crippen LogP contribution in [-0.4, -0.2) is 88.3 Å². The van der Waals surface area contributed by atoms with Crippen molar-refractivity contribution in [1.29, 1.82) is 0 Å².